The highest BCUT2D eigenvalue weighted by atomic mass is 79.9. The van der Waals surface area contributed by atoms with Gasteiger partial charge in [-0.2, -0.15) is 0 Å². The van der Waals surface area contributed by atoms with E-state index in [1.165, 1.54) is 12.1 Å². The van der Waals surface area contributed by atoms with E-state index in [1.54, 1.807) is 0 Å². The van der Waals surface area contributed by atoms with Gasteiger partial charge in [-0.15, -0.1) is 0 Å². The Kier molecular flexibility index (Phi) is 4.87. The summed E-state index contributed by atoms with van der Waals surface area (Å²) < 4.78 is 0.379. The normalized spacial score (nSPS) is 11.6. The lowest BCUT2D eigenvalue weighted by Crippen LogP contribution is -2.42. The number of benzene rings is 1. The highest BCUT2D eigenvalue weighted by Crippen LogP contribution is 2.24. The zero-order valence-electron chi connectivity index (χ0n) is 9.46. The Morgan fingerprint density at radius 1 is 1.26 bits per heavy atom. The quantitative estimate of drug-likeness (QED) is 0.633. The molecule has 0 saturated heterocycles. The van der Waals surface area contributed by atoms with Crippen LogP contribution in [0.25, 0.3) is 0 Å². The van der Waals surface area contributed by atoms with Crippen LogP contribution in [0, 0.1) is 0 Å². The maximum absolute atomic E-state index is 11.7. The number of amides is 1. The number of carboxylic acids is 2. The number of rotatable bonds is 5. The Morgan fingerprint density at radius 2 is 1.89 bits per heavy atom. The first-order chi connectivity index (χ1) is 8.81. The number of aromatic hydroxyl groups is 1. The number of carbonyl (C=O) groups excluding carboxylic acids is 1. The van der Waals surface area contributed by atoms with Crippen molar-refractivity contribution < 1.29 is 29.7 Å². The molecule has 1 aromatic carbocycles. The number of phenolic OH excluding ortho intramolecular Hbond substituents is 1. The molecule has 1 atom stereocenters. The minimum absolute atomic E-state index is 0.0253. The minimum Gasteiger partial charge on any atom is -0.507 e. The maximum Gasteiger partial charge on any atom is 0.326 e. The topological polar surface area (TPSA) is 124 Å². The summed E-state index contributed by atoms with van der Waals surface area (Å²) in [5.41, 5.74) is 0.0253. The average molecular weight is 332 g/mol. The van der Waals surface area contributed by atoms with Gasteiger partial charge in [0.05, 0.1) is 10.9 Å². The van der Waals surface area contributed by atoms with E-state index in [0.717, 1.165) is 6.07 Å². The number of halogens is 1. The Hall–Kier alpha value is -2.09. The predicted molar refractivity (Wildman–Crippen MR) is 66.9 cm³/mol. The molecule has 8 heteroatoms. The maximum atomic E-state index is 11.7. The molecule has 0 unspecified atom stereocenters. The van der Waals surface area contributed by atoms with Crippen molar-refractivity contribution in [3.8, 4) is 5.75 Å². The fourth-order valence-corrected chi connectivity index (χ4v) is 1.52. The molecule has 0 aliphatic rings. The molecular formula is C11H10BrNO6. The van der Waals surface area contributed by atoms with Crippen molar-refractivity contribution >= 4 is 33.8 Å². The lowest BCUT2D eigenvalue weighted by atomic mass is 10.1. The molecular weight excluding hydrogens is 322 g/mol. The highest BCUT2D eigenvalue weighted by Gasteiger charge is 2.23. The van der Waals surface area contributed by atoms with Gasteiger partial charge in [-0.05, 0) is 34.1 Å². The van der Waals surface area contributed by atoms with Gasteiger partial charge in [0, 0.05) is 5.56 Å². The van der Waals surface area contributed by atoms with Crippen molar-refractivity contribution in [1.29, 1.82) is 0 Å². The van der Waals surface area contributed by atoms with Gasteiger partial charge < -0.3 is 20.6 Å². The molecule has 0 saturated carbocycles. The Morgan fingerprint density at radius 3 is 2.37 bits per heavy atom. The van der Waals surface area contributed by atoms with Crippen LogP contribution in [0.5, 0.6) is 5.75 Å². The van der Waals surface area contributed by atoms with Crippen LogP contribution in [0.3, 0.4) is 0 Å². The van der Waals surface area contributed by atoms with Crippen molar-refractivity contribution in [3.63, 3.8) is 0 Å². The van der Waals surface area contributed by atoms with Crippen LogP contribution in [0.15, 0.2) is 22.7 Å². The Bertz CT molecular complexity index is 530. The van der Waals surface area contributed by atoms with Gasteiger partial charge in [0.15, 0.2) is 0 Å². The van der Waals surface area contributed by atoms with Crippen molar-refractivity contribution in [2.75, 3.05) is 0 Å². The first kappa shape index (κ1) is 15.0. The summed E-state index contributed by atoms with van der Waals surface area (Å²) in [6.45, 7) is 0. The van der Waals surface area contributed by atoms with Gasteiger partial charge in [0.25, 0.3) is 5.91 Å². The summed E-state index contributed by atoms with van der Waals surface area (Å²) >= 11 is 3.03. The number of carboxylic acid groups (broad SMARTS) is 2. The number of hydrogen-bond acceptors (Lipinski definition) is 4. The van der Waals surface area contributed by atoms with E-state index >= 15 is 0 Å². The van der Waals surface area contributed by atoms with Gasteiger partial charge in [0.1, 0.15) is 11.8 Å². The number of aliphatic carboxylic acids is 2. The Labute approximate surface area is 116 Å². The van der Waals surface area contributed by atoms with Gasteiger partial charge >= 0.3 is 11.9 Å². The van der Waals surface area contributed by atoms with E-state index in [2.05, 4.69) is 21.2 Å². The van der Waals surface area contributed by atoms with E-state index in [-0.39, 0.29) is 11.3 Å². The molecule has 4 N–H and O–H groups in total. The van der Waals surface area contributed by atoms with E-state index in [4.69, 9.17) is 10.2 Å². The molecule has 7 nitrogen and oxygen atoms in total. The summed E-state index contributed by atoms with van der Waals surface area (Å²) in [5.74, 6) is -3.75. The largest absolute Gasteiger partial charge is 0.507 e. The second-order valence-corrected chi connectivity index (χ2v) is 4.48. The fraction of sp³-hybridized carbons (Fsp3) is 0.182. The number of carbonyl (C=O) groups is 3. The zero-order chi connectivity index (χ0) is 14.6. The van der Waals surface area contributed by atoms with Crippen molar-refractivity contribution in [1.82, 2.24) is 5.32 Å². The highest BCUT2D eigenvalue weighted by molar-refractivity contribution is 9.10. The molecule has 1 amide bonds. The van der Waals surface area contributed by atoms with E-state index in [0.29, 0.717) is 4.47 Å². The summed E-state index contributed by atoms with van der Waals surface area (Å²) in [4.78, 5) is 33.0. The van der Waals surface area contributed by atoms with E-state index in [1.807, 2.05) is 0 Å². The lowest BCUT2D eigenvalue weighted by Gasteiger charge is -2.12. The summed E-state index contributed by atoms with van der Waals surface area (Å²) in [7, 11) is 0. The Balaban J connectivity index is 2.84. The molecule has 1 aromatic rings. The second kappa shape index (κ2) is 6.19. The lowest BCUT2D eigenvalue weighted by molar-refractivity contribution is -0.145. The standard InChI is InChI=1S/C11H10BrNO6/c12-6-2-1-5(3-8(6)14)10(17)13-7(11(18)19)4-9(15)16/h1-3,7,14H,4H2,(H,13,17)(H,15,16)(H,18,19)/t7-/m0/s1. The van der Waals surface area contributed by atoms with Crippen molar-refractivity contribution in [3.05, 3.63) is 28.2 Å². The third-order valence-corrected chi connectivity index (χ3v) is 2.86. The summed E-state index contributed by atoms with van der Waals surface area (Å²) in [5, 5.41) is 28.8. The molecule has 0 heterocycles. The van der Waals surface area contributed by atoms with Gasteiger partial charge in [-0.1, -0.05) is 0 Å². The zero-order valence-corrected chi connectivity index (χ0v) is 11.0. The van der Waals surface area contributed by atoms with E-state index < -0.39 is 30.3 Å². The van der Waals surface area contributed by atoms with Crippen LogP contribution >= 0.6 is 15.9 Å². The smallest absolute Gasteiger partial charge is 0.326 e. The monoisotopic (exact) mass is 331 g/mol. The third kappa shape index (κ3) is 4.25. The number of hydrogen-bond donors (Lipinski definition) is 4. The SMILES string of the molecule is O=C(O)C[C@H](NC(=O)c1ccc(Br)c(O)c1)C(=O)O. The molecule has 1 rings (SSSR count). The van der Waals surface area contributed by atoms with Crippen LogP contribution in [-0.4, -0.2) is 39.2 Å². The van der Waals surface area contributed by atoms with Crippen LogP contribution < -0.4 is 5.32 Å². The van der Waals surface area contributed by atoms with Crippen molar-refractivity contribution in [2.45, 2.75) is 12.5 Å². The predicted octanol–water partition coefficient (Wildman–Crippen LogP) is 0.812. The summed E-state index contributed by atoms with van der Waals surface area (Å²) in [6.07, 6.45) is -0.733. The minimum atomic E-state index is -1.53. The number of nitrogens with one attached hydrogen (secondary N) is 1. The molecule has 0 spiro atoms. The second-order valence-electron chi connectivity index (χ2n) is 3.63. The van der Waals surface area contributed by atoms with Gasteiger partial charge in [-0.25, -0.2) is 4.79 Å². The van der Waals surface area contributed by atoms with Crippen LogP contribution in [0.1, 0.15) is 16.8 Å². The molecule has 102 valence electrons. The fourth-order valence-electron chi connectivity index (χ4n) is 1.27. The van der Waals surface area contributed by atoms with E-state index in [9.17, 15) is 19.5 Å². The molecule has 0 aliphatic carbocycles. The molecule has 0 aliphatic heterocycles. The average Bonchev–Trinajstić information content (AvgIpc) is 2.31. The third-order valence-electron chi connectivity index (χ3n) is 2.19. The molecule has 0 bridgehead atoms. The van der Waals surface area contributed by atoms with Crippen LogP contribution in [0.2, 0.25) is 0 Å². The summed E-state index contributed by atoms with van der Waals surface area (Å²) in [6, 6.07) is 2.38. The first-order valence-corrected chi connectivity index (χ1v) is 5.84. The van der Waals surface area contributed by atoms with Gasteiger partial charge in [0.2, 0.25) is 0 Å². The number of phenols is 1. The first-order valence-electron chi connectivity index (χ1n) is 5.05. The van der Waals surface area contributed by atoms with Crippen LogP contribution in [-0.2, 0) is 9.59 Å². The van der Waals surface area contributed by atoms with Crippen molar-refractivity contribution in [2.24, 2.45) is 0 Å². The molecule has 0 radical (unpaired) electrons. The molecule has 19 heavy (non-hydrogen) atoms. The van der Waals surface area contributed by atoms with Gasteiger partial charge in [-0.3, -0.25) is 9.59 Å². The molecule has 0 fully saturated rings. The van der Waals surface area contributed by atoms with Crippen LogP contribution in [0.4, 0.5) is 0 Å². The molecule has 0 aromatic heterocycles.